The molecule has 0 saturated heterocycles. The molecule has 0 aliphatic carbocycles. The van der Waals surface area contributed by atoms with E-state index in [-0.39, 0.29) is 11.6 Å². The maximum Gasteiger partial charge on any atom is 0.277 e. The lowest BCUT2D eigenvalue weighted by molar-refractivity contribution is 0.102. The van der Waals surface area contributed by atoms with E-state index in [0.29, 0.717) is 18.2 Å². The molecule has 19 heavy (non-hydrogen) atoms. The van der Waals surface area contributed by atoms with Gasteiger partial charge < -0.3 is 10.1 Å². The number of H-pyrrole nitrogens is 1. The van der Waals surface area contributed by atoms with Crippen molar-refractivity contribution in [2.24, 2.45) is 5.92 Å². The Bertz CT molecular complexity index is 537. The number of ether oxygens (including phenoxy) is 1. The van der Waals surface area contributed by atoms with E-state index in [1.54, 1.807) is 12.1 Å². The van der Waals surface area contributed by atoms with Crippen molar-refractivity contribution in [1.82, 2.24) is 15.4 Å². The molecule has 1 aromatic heterocycles. The predicted octanol–water partition coefficient (Wildman–Crippen LogP) is 2.09. The van der Waals surface area contributed by atoms with E-state index in [4.69, 9.17) is 4.74 Å². The Morgan fingerprint density at radius 3 is 3.00 bits per heavy atom. The van der Waals surface area contributed by atoms with Crippen LogP contribution in [0.2, 0.25) is 0 Å². The van der Waals surface area contributed by atoms with Crippen LogP contribution in [0.25, 0.3) is 0 Å². The highest BCUT2D eigenvalue weighted by atomic mass is 16.5. The van der Waals surface area contributed by atoms with Crippen LogP contribution in [0.15, 0.2) is 30.5 Å². The van der Waals surface area contributed by atoms with Gasteiger partial charge in [0.05, 0.1) is 12.8 Å². The van der Waals surface area contributed by atoms with Crippen molar-refractivity contribution in [3.8, 4) is 5.75 Å². The van der Waals surface area contributed by atoms with E-state index in [0.717, 1.165) is 5.75 Å². The van der Waals surface area contributed by atoms with Gasteiger partial charge in [-0.2, -0.15) is 15.4 Å². The number of benzene rings is 1. The number of carbonyl (C=O) groups excluding carboxylic acids is 1. The first-order chi connectivity index (χ1) is 9.15. The highest BCUT2D eigenvalue weighted by molar-refractivity contribution is 6.02. The summed E-state index contributed by atoms with van der Waals surface area (Å²) in [6, 6.07) is 7.25. The molecular formula is C13H16N4O2. The van der Waals surface area contributed by atoms with Gasteiger partial charge in [-0.25, -0.2) is 0 Å². The van der Waals surface area contributed by atoms with Gasteiger partial charge in [-0.15, -0.1) is 0 Å². The number of amides is 1. The number of hydrogen-bond donors (Lipinski definition) is 2. The SMILES string of the molecule is CC(C)COc1cccc(NC(=O)c2cn[nH]n2)c1. The molecular weight excluding hydrogens is 244 g/mol. The van der Waals surface area contributed by atoms with Crippen LogP contribution in [-0.4, -0.2) is 27.9 Å². The Morgan fingerprint density at radius 1 is 1.47 bits per heavy atom. The Hall–Kier alpha value is -2.37. The van der Waals surface area contributed by atoms with Crippen LogP contribution >= 0.6 is 0 Å². The molecule has 2 aromatic rings. The number of nitrogens with one attached hydrogen (secondary N) is 2. The second kappa shape index (κ2) is 5.99. The second-order valence-corrected chi connectivity index (χ2v) is 4.54. The van der Waals surface area contributed by atoms with E-state index in [2.05, 4.69) is 34.6 Å². The van der Waals surface area contributed by atoms with Crippen molar-refractivity contribution in [2.45, 2.75) is 13.8 Å². The first-order valence-electron chi connectivity index (χ1n) is 6.05. The van der Waals surface area contributed by atoms with Gasteiger partial charge in [-0.05, 0) is 18.1 Å². The van der Waals surface area contributed by atoms with Crippen LogP contribution in [0.4, 0.5) is 5.69 Å². The van der Waals surface area contributed by atoms with Gasteiger partial charge in [-0.1, -0.05) is 19.9 Å². The molecule has 0 fully saturated rings. The molecule has 0 radical (unpaired) electrons. The fourth-order valence-electron chi connectivity index (χ4n) is 1.43. The zero-order valence-electron chi connectivity index (χ0n) is 10.9. The molecule has 1 amide bonds. The topological polar surface area (TPSA) is 79.9 Å². The third-order valence-corrected chi connectivity index (χ3v) is 2.32. The van der Waals surface area contributed by atoms with Crippen molar-refractivity contribution >= 4 is 11.6 Å². The van der Waals surface area contributed by atoms with E-state index >= 15 is 0 Å². The summed E-state index contributed by atoms with van der Waals surface area (Å²) >= 11 is 0. The maximum atomic E-state index is 11.8. The Balaban J connectivity index is 2.01. The molecule has 2 rings (SSSR count). The lowest BCUT2D eigenvalue weighted by atomic mass is 10.2. The van der Waals surface area contributed by atoms with Gasteiger partial charge in [0.2, 0.25) is 0 Å². The average Bonchev–Trinajstić information content (AvgIpc) is 2.91. The summed E-state index contributed by atoms with van der Waals surface area (Å²) in [5.74, 6) is 0.870. The minimum Gasteiger partial charge on any atom is -0.493 e. The molecule has 6 heteroatoms. The highest BCUT2D eigenvalue weighted by Crippen LogP contribution is 2.18. The van der Waals surface area contributed by atoms with Crippen molar-refractivity contribution in [2.75, 3.05) is 11.9 Å². The van der Waals surface area contributed by atoms with E-state index in [9.17, 15) is 4.79 Å². The first kappa shape index (κ1) is 13.1. The molecule has 6 nitrogen and oxygen atoms in total. The molecule has 0 unspecified atom stereocenters. The van der Waals surface area contributed by atoms with Crippen LogP contribution in [0.1, 0.15) is 24.3 Å². The van der Waals surface area contributed by atoms with Crippen molar-refractivity contribution < 1.29 is 9.53 Å². The van der Waals surface area contributed by atoms with E-state index in [1.165, 1.54) is 6.20 Å². The Labute approximate surface area is 111 Å². The lowest BCUT2D eigenvalue weighted by Crippen LogP contribution is -2.12. The van der Waals surface area contributed by atoms with Gasteiger partial charge >= 0.3 is 0 Å². The Kier molecular flexibility index (Phi) is 4.12. The molecule has 0 atom stereocenters. The van der Waals surface area contributed by atoms with Crippen molar-refractivity contribution in [3.63, 3.8) is 0 Å². The molecule has 0 aliphatic heterocycles. The smallest absolute Gasteiger partial charge is 0.277 e. The van der Waals surface area contributed by atoms with Gasteiger partial charge in [0, 0.05) is 11.8 Å². The molecule has 2 N–H and O–H groups in total. The number of carbonyl (C=O) groups is 1. The minimum absolute atomic E-state index is 0.244. The quantitative estimate of drug-likeness (QED) is 0.862. The first-order valence-corrected chi connectivity index (χ1v) is 6.05. The van der Waals surface area contributed by atoms with E-state index in [1.807, 2.05) is 12.1 Å². The van der Waals surface area contributed by atoms with Gasteiger partial charge in [0.15, 0.2) is 5.69 Å². The summed E-state index contributed by atoms with van der Waals surface area (Å²) in [4.78, 5) is 11.8. The highest BCUT2D eigenvalue weighted by Gasteiger charge is 2.09. The molecule has 0 saturated carbocycles. The standard InChI is InChI=1S/C13H16N4O2/c1-9(2)8-19-11-5-3-4-10(6-11)15-13(18)12-7-14-17-16-12/h3-7,9H,8H2,1-2H3,(H,15,18)(H,14,16,17). The van der Waals surface area contributed by atoms with Gasteiger partial charge in [0.25, 0.3) is 5.91 Å². The molecule has 1 heterocycles. The summed E-state index contributed by atoms with van der Waals surface area (Å²) in [6.07, 6.45) is 1.37. The van der Waals surface area contributed by atoms with Gasteiger partial charge in [0.1, 0.15) is 5.75 Å². The molecule has 0 aliphatic rings. The number of hydrogen-bond acceptors (Lipinski definition) is 4. The average molecular weight is 260 g/mol. The van der Waals surface area contributed by atoms with Crippen LogP contribution in [-0.2, 0) is 0 Å². The van der Waals surface area contributed by atoms with Crippen LogP contribution < -0.4 is 10.1 Å². The zero-order chi connectivity index (χ0) is 13.7. The normalized spacial score (nSPS) is 10.5. The number of aromatic nitrogens is 3. The zero-order valence-corrected chi connectivity index (χ0v) is 10.9. The van der Waals surface area contributed by atoms with Crippen LogP contribution in [0, 0.1) is 5.92 Å². The van der Waals surface area contributed by atoms with Gasteiger partial charge in [-0.3, -0.25) is 4.79 Å². The van der Waals surface area contributed by atoms with Crippen molar-refractivity contribution in [3.05, 3.63) is 36.2 Å². The number of anilines is 1. The lowest BCUT2D eigenvalue weighted by Gasteiger charge is -2.10. The molecule has 100 valence electrons. The maximum absolute atomic E-state index is 11.8. The molecule has 0 spiro atoms. The third kappa shape index (κ3) is 3.80. The summed E-state index contributed by atoms with van der Waals surface area (Å²) in [5, 5.41) is 12.4. The number of aromatic amines is 1. The summed E-state index contributed by atoms with van der Waals surface area (Å²) < 4.78 is 5.59. The van der Waals surface area contributed by atoms with Crippen LogP contribution in [0.5, 0.6) is 5.75 Å². The fourth-order valence-corrected chi connectivity index (χ4v) is 1.43. The summed E-state index contributed by atoms with van der Waals surface area (Å²) in [7, 11) is 0. The third-order valence-electron chi connectivity index (χ3n) is 2.32. The van der Waals surface area contributed by atoms with Crippen molar-refractivity contribution in [1.29, 1.82) is 0 Å². The number of rotatable bonds is 5. The molecule has 1 aromatic carbocycles. The summed E-state index contributed by atoms with van der Waals surface area (Å²) in [5.41, 5.74) is 0.905. The number of nitrogens with zero attached hydrogens (tertiary/aromatic N) is 2. The van der Waals surface area contributed by atoms with E-state index < -0.39 is 0 Å². The largest absolute Gasteiger partial charge is 0.493 e. The predicted molar refractivity (Wildman–Crippen MR) is 71.1 cm³/mol. The second-order valence-electron chi connectivity index (χ2n) is 4.54. The van der Waals surface area contributed by atoms with Crippen LogP contribution in [0.3, 0.4) is 0 Å². The fraction of sp³-hybridized carbons (Fsp3) is 0.308. The summed E-state index contributed by atoms with van der Waals surface area (Å²) in [6.45, 7) is 4.80. The Morgan fingerprint density at radius 2 is 2.32 bits per heavy atom. The molecule has 0 bridgehead atoms. The minimum atomic E-state index is -0.310. The monoisotopic (exact) mass is 260 g/mol.